The Balaban J connectivity index is 3.34. The van der Waals surface area contributed by atoms with Gasteiger partial charge in [0.1, 0.15) is 17.2 Å². The van der Waals surface area contributed by atoms with Gasteiger partial charge in [0, 0.05) is 12.6 Å². The highest BCUT2D eigenvalue weighted by Gasteiger charge is 2.40. The number of halogens is 2. The molecule has 2 nitrogen and oxygen atoms in total. The van der Waals surface area contributed by atoms with E-state index in [1.54, 1.807) is 20.8 Å². The Morgan fingerprint density at radius 1 is 1.12 bits per heavy atom. The quantitative estimate of drug-likeness (QED) is 0.816. The van der Waals surface area contributed by atoms with Crippen LogP contribution in [0.3, 0.4) is 0 Å². The van der Waals surface area contributed by atoms with Gasteiger partial charge in [0.05, 0.1) is 0 Å². The van der Waals surface area contributed by atoms with Gasteiger partial charge in [-0.05, 0) is 23.1 Å². The van der Waals surface area contributed by atoms with Gasteiger partial charge in [-0.3, -0.25) is 0 Å². The Kier molecular flexibility index (Phi) is 3.35. The molecule has 1 aromatic rings. The Hall–Kier alpha value is -1.00. The minimum absolute atomic E-state index is 0.0978. The molecule has 16 heavy (non-hydrogen) atoms. The molecule has 0 saturated heterocycles. The van der Waals surface area contributed by atoms with Crippen molar-refractivity contribution < 1.29 is 13.9 Å². The third-order valence-electron chi connectivity index (χ3n) is 2.88. The molecule has 0 bridgehead atoms. The van der Waals surface area contributed by atoms with Gasteiger partial charge in [0.2, 0.25) is 0 Å². The van der Waals surface area contributed by atoms with Crippen molar-refractivity contribution in [1.82, 2.24) is 0 Å². The van der Waals surface area contributed by atoms with E-state index in [-0.39, 0.29) is 12.1 Å². The molecule has 0 saturated carbocycles. The molecular formula is C12H17F2NO. The van der Waals surface area contributed by atoms with Gasteiger partial charge in [-0.25, -0.2) is 8.78 Å². The summed E-state index contributed by atoms with van der Waals surface area (Å²) < 4.78 is 26.2. The summed E-state index contributed by atoms with van der Waals surface area (Å²) in [5.74, 6) is -1.43. The molecule has 0 fully saturated rings. The second kappa shape index (κ2) is 4.11. The first kappa shape index (κ1) is 13.1. The van der Waals surface area contributed by atoms with Crippen molar-refractivity contribution >= 4 is 0 Å². The van der Waals surface area contributed by atoms with Gasteiger partial charge in [-0.2, -0.15) is 0 Å². The summed E-state index contributed by atoms with van der Waals surface area (Å²) >= 11 is 0. The first-order valence-corrected chi connectivity index (χ1v) is 5.10. The van der Waals surface area contributed by atoms with E-state index in [1.807, 2.05) is 0 Å². The van der Waals surface area contributed by atoms with Crippen LogP contribution < -0.4 is 5.73 Å². The summed E-state index contributed by atoms with van der Waals surface area (Å²) in [5, 5.41) is 10.4. The van der Waals surface area contributed by atoms with Gasteiger partial charge >= 0.3 is 0 Å². The number of hydrogen-bond donors (Lipinski definition) is 2. The largest absolute Gasteiger partial charge is 0.383 e. The Morgan fingerprint density at radius 2 is 1.56 bits per heavy atom. The van der Waals surface area contributed by atoms with Crippen LogP contribution in [0.25, 0.3) is 0 Å². The fourth-order valence-electron chi connectivity index (χ4n) is 1.65. The third-order valence-corrected chi connectivity index (χ3v) is 2.88. The fraction of sp³-hybridized carbons (Fsp3) is 0.500. The summed E-state index contributed by atoms with van der Waals surface area (Å²) in [6, 6.07) is 2.99. The molecule has 0 heterocycles. The molecule has 0 radical (unpaired) electrons. The molecule has 1 aromatic carbocycles. The van der Waals surface area contributed by atoms with E-state index in [9.17, 15) is 13.9 Å². The lowest BCUT2D eigenvalue weighted by Crippen LogP contribution is -2.46. The summed E-state index contributed by atoms with van der Waals surface area (Å²) in [6.45, 7) is 5.20. The van der Waals surface area contributed by atoms with E-state index in [4.69, 9.17) is 5.73 Å². The van der Waals surface area contributed by atoms with Crippen LogP contribution in [0, 0.1) is 17.0 Å². The number of benzene rings is 1. The normalized spacial score (nSPS) is 15.9. The zero-order valence-corrected chi connectivity index (χ0v) is 9.72. The van der Waals surface area contributed by atoms with E-state index < -0.39 is 22.7 Å². The molecule has 0 aromatic heterocycles. The maximum Gasteiger partial charge on any atom is 0.126 e. The monoisotopic (exact) mass is 229 g/mol. The highest BCUT2D eigenvalue weighted by Crippen LogP contribution is 2.38. The van der Waals surface area contributed by atoms with Crippen molar-refractivity contribution in [2.24, 2.45) is 11.1 Å². The predicted molar refractivity (Wildman–Crippen MR) is 58.8 cm³/mol. The van der Waals surface area contributed by atoms with Crippen molar-refractivity contribution in [1.29, 1.82) is 0 Å². The molecule has 1 atom stereocenters. The Morgan fingerprint density at radius 3 is 1.88 bits per heavy atom. The number of aliphatic hydroxyl groups is 1. The van der Waals surface area contributed by atoms with Gasteiger partial charge < -0.3 is 10.8 Å². The van der Waals surface area contributed by atoms with Crippen LogP contribution in [0.4, 0.5) is 8.78 Å². The molecular weight excluding hydrogens is 212 g/mol. The zero-order valence-electron chi connectivity index (χ0n) is 9.72. The third kappa shape index (κ3) is 2.23. The predicted octanol–water partition coefficient (Wildman–Crippen LogP) is 2.16. The number of hydrogen-bond acceptors (Lipinski definition) is 2. The smallest absolute Gasteiger partial charge is 0.126 e. The molecule has 1 rings (SSSR count). The highest BCUT2D eigenvalue weighted by atomic mass is 19.1. The van der Waals surface area contributed by atoms with Crippen LogP contribution in [-0.4, -0.2) is 11.7 Å². The lowest BCUT2D eigenvalue weighted by molar-refractivity contribution is -0.0561. The molecule has 4 heteroatoms. The standard InChI is InChI=1S/C12H17F2NO/c1-11(2,3)12(16,7-15)8-4-9(13)6-10(14)5-8/h4-6,16H,7,15H2,1-3H3. The first-order valence-electron chi connectivity index (χ1n) is 5.10. The molecule has 1 unspecified atom stereocenters. The van der Waals surface area contributed by atoms with Crippen LogP contribution >= 0.6 is 0 Å². The summed E-state index contributed by atoms with van der Waals surface area (Å²) in [5.41, 5.74) is 3.64. The van der Waals surface area contributed by atoms with Gasteiger partial charge in [0.25, 0.3) is 0 Å². The second-order valence-electron chi connectivity index (χ2n) is 4.97. The van der Waals surface area contributed by atoms with E-state index in [0.717, 1.165) is 18.2 Å². The number of rotatable bonds is 2. The van der Waals surface area contributed by atoms with Crippen molar-refractivity contribution in [3.63, 3.8) is 0 Å². The zero-order chi connectivity index (χ0) is 12.6. The molecule has 90 valence electrons. The summed E-state index contributed by atoms with van der Waals surface area (Å²) in [4.78, 5) is 0. The Bertz CT molecular complexity index is 367. The first-order chi connectivity index (χ1) is 7.20. The minimum atomic E-state index is -1.45. The summed E-state index contributed by atoms with van der Waals surface area (Å²) in [7, 11) is 0. The molecule has 0 amide bonds. The van der Waals surface area contributed by atoms with E-state index in [1.165, 1.54) is 0 Å². The molecule has 0 aliphatic carbocycles. The van der Waals surface area contributed by atoms with Crippen LogP contribution in [0.15, 0.2) is 18.2 Å². The fourth-order valence-corrected chi connectivity index (χ4v) is 1.65. The van der Waals surface area contributed by atoms with Crippen LogP contribution in [0.5, 0.6) is 0 Å². The SMILES string of the molecule is CC(C)(C)C(O)(CN)c1cc(F)cc(F)c1. The van der Waals surface area contributed by atoms with Crippen molar-refractivity contribution in [3.05, 3.63) is 35.4 Å². The Labute approximate surface area is 94.1 Å². The van der Waals surface area contributed by atoms with E-state index >= 15 is 0 Å². The second-order valence-corrected chi connectivity index (χ2v) is 4.97. The summed E-state index contributed by atoms with van der Waals surface area (Å²) in [6.07, 6.45) is 0. The van der Waals surface area contributed by atoms with Crippen LogP contribution in [0.2, 0.25) is 0 Å². The maximum absolute atomic E-state index is 13.1. The highest BCUT2D eigenvalue weighted by molar-refractivity contribution is 5.26. The van der Waals surface area contributed by atoms with E-state index in [2.05, 4.69) is 0 Å². The van der Waals surface area contributed by atoms with Crippen molar-refractivity contribution in [2.45, 2.75) is 26.4 Å². The van der Waals surface area contributed by atoms with Crippen molar-refractivity contribution in [2.75, 3.05) is 6.54 Å². The van der Waals surface area contributed by atoms with Crippen LogP contribution in [0.1, 0.15) is 26.3 Å². The molecule has 0 aliphatic heterocycles. The van der Waals surface area contributed by atoms with E-state index in [0.29, 0.717) is 0 Å². The van der Waals surface area contributed by atoms with Crippen molar-refractivity contribution in [3.8, 4) is 0 Å². The minimum Gasteiger partial charge on any atom is -0.383 e. The molecule has 0 spiro atoms. The topological polar surface area (TPSA) is 46.2 Å². The lowest BCUT2D eigenvalue weighted by Gasteiger charge is -2.39. The lowest BCUT2D eigenvalue weighted by atomic mass is 9.72. The average Bonchev–Trinajstić information content (AvgIpc) is 2.13. The maximum atomic E-state index is 13.1. The van der Waals surface area contributed by atoms with Gasteiger partial charge in [0.15, 0.2) is 0 Å². The number of nitrogens with two attached hydrogens (primary N) is 1. The van der Waals surface area contributed by atoms with Gasteiger partial charge in [-0.15, -0.1) is 0 Å². The molecule has 0 aliphatic rings. The average molecular weight is 229 g/mol. The van der Waals surface area contributed by atoms with Gasteiger partial charge in [-0.1, -0.05) is 20.8 Å². The van der Waals surface area contributed by atoms with Crippen LogP contribution in [-0.2, 0) is 5.60 Å². The molecule has 3 N–H and O–H groups in total.